The van der Waals surface area contributed by atoms with E-state index in [0.29, 0.717) is 17.8 Å². The van der Waals surface area contributed by atoms with Crippen LogP contribution in [0.1, 0.15) is 31.7 Å². The van der Waals surface area contributed by atoms with E-state index in [-0.39, 0.29) is 5.91 Å². The maximum absolute atomic E-state index is 12.0. The Labute approximate surface area is 125 Å². The number of benzene rings is 1. The summed E-state index contributed by atoms with van der Waals surface area (Å²) in [7, 11) is 0. The average Bonchev–Trinajstić information content (AvgIpc) is 2.84. The van der Waals surface area contributed by atoms with Crippen molar-refractivity contribution in [3.05, 3.63) is 29.8 Å². The van der Waals surface area contributed by atoms with Crippen LogP contribution < -0.4 is 10.6 Å². The molecule has 20 heavy (non-hydrogen) atoms. The summed E-state index contributed by atoms with van der Waals surface area (Å²) in [6.07, 6.45) is 3.74. The lowest BCUT2D eigenvalue weighted by Crippen LogP contribution is -2.39. The molecule has 0 bridgehead atoms. The number of nitrogens with one attached hydrogen (secondary N) is 2. The Morgan fingerprint density at radius 3 is 3.00 bits per heavy atom. The van der Waals surface area contributed by atoms with Gasteiger partial charge in [-0.05, 0) is 43.2 Å². The van der Waals surface area contributed by atoms with Crippen LogP contribution in [0.5, 0.6) is 0 Å². The Kier molecular flexibility index (Phi) is 5.92. The smallest absolute Gasteiger partial charge is 0.238 e. The predicted octanol–water partition coefficient (Wildman–Crippen LogP) is 3.20. The molecule has 2 rings (SSSR count). The van der Waals surface area contributed by atoms with Crippen LogP contribution in [-0.4, -0.2) is 29.5 Å². The Morgan fingerprint density at radius 2 is 2.25 bits per heavy atom. The van der Waals surface area contributed by atoms with Gasteiger partial charge < -0.3 is 10.6 Å². The van der Waals surface area contributed by atoms with Crippen LogP contribution in [0.25, 0.3) is 0 Å². The van der Waals surface area contributed by atoms with Gasteiger partial charge in [0.15, 0.2) is 0 Å². The van der Waals surface area contributed by atoms with Crippen LogP contribution in [0.2, 0.25) is 0 Å². The number of carbonyl (C=O) groups excluding carboxylic acids is 1. The largest absolute Gasteiger partial charge is 0.325 e. The first-order chi connectivity index (χ1) is 9.69. The van der Waals surface area contributed by atoms with Crippen LogP contribution in [0.3, 0.4) is 0 Å². The maximum Gasteiger partial charge on any atom is 0.238 e. The first kappa shape index (κ1) is 15.4. The molecule has 0 aromatic heterocycles. The van der Waals surface area contributed by atoms with Crippen molar-refractivity contribution >= 4 is 23.4 Å². The molecule has 4 heteroatoms. The van der Waals surface area contributed by atoms with E-state index in [1.54, 1.807) is 0 Å². The van der Waals surface area contributed by atoms with E-state index in [2.05, 4.69) is 17.6 Å². The van der Waals surface area contributed by atoms with Crippen LogP contribution in [0, 0.1) is 6.92 Å². The van der Waals surface area contributed by atoms with Gasteiger partial charge in [0, 0.05) is 17.0 Å². The van der Waals surface area contributed by atoms with Gasteiger partial charge in [0.1, 0.15) is 0 Å². The van der Waals surface area contributed by atoms with Crippen LogP contribution in [0.4, 0.5) is 5.69 Å². The van der Waals surface area contributed by atoms with Gasteiger partial charge in [-0.15, -0.1) is 0 Å². The minimum Gasteiger partial charge on any atom is -0.325 e. The molecular formula is C16H24N2OS. The van der Waals surface area contributed by atoms with Gasteiger partial charge >= 0.3 is 0 Å². The van der Waals surface area contributed by atoms with E-state index in [1.165, 1.54) is 19.3 Å². The molecule has 1 fully saturated rings. The van der Waals surface area contributed by atoms with Gasteiger partial charge in [-0.1, -0.05) is 25.5 Å². The van der Waals surface area contributed by atoms with Crippen molar-refractivity contribution in [2.45, 2.75) is 44.4 Å². The topological polar surface area (TPSA) is 41.1 Å². The van der Waals surface area contributed by atoms with Crippen molar-refractivity contribution in [1.29, 1.82) is 0 Å². The second kappa shape index (κ2) is 7.70. The lowest BCUT2D eigenvalue weighted by atomic mass is 10.2. The normalized spacial score (nSPS) is 21.9. The van der Waals surface area contributed by atoms with Crippen molar-refractivity contribution in [2.24, 2.45) is 0 Å². The molecule has 0 spiro atoms. The van der Waals surface area contributed by atoms with E-state index in [4.69, 9.17) is 0 Å². The summed E-state index contributed by atoms with van der Waals surface area (Å²) in [6, 6.07) is 8.39. The number of aryl methyl sites for hydroxylation is 1. The van der Waals surface area contributed by atoms with Crippen molar-refractivity contribution < 1.29 is 4.79 Å². The number of carbonyl (C=O) groups is 1. The molecule has 1 amide bonds. The van der Waals surface area contributed by atoms with Crippen molar-refractivity contribution in [1.82, 2.24) is 5.32 Å². The number of anilines is 1. The summed E-state index contributed by atoms with van der Waals surface area (Å²) in [4.78, 5) is 12.0. The zero-order valence-corrected chi connectivity index (χ0v) is 13.1. The number of rotatable bonds is 6. The summed E-state index contributed by atoms with van der Waals surface area (Å²) in [5.74, 6) is 1.20. The molecule has 2 N–H and O–H groups in total. The Bertz CT molecular complexity index is 450. The molecule has 110 valence electrons. The third-order valence-corrected chi connectivity index (χ3v) is 4.99. The fraction of sp³-hybridized carbons (Fsp3) is 0.562. The SMILES string of the molecule is CCSC1CCCC1NCC(=O)Nc1cccc(C)c1. The third-order valence-electron chi connectivity index (χ3n) is 3.66. The summed E-state index contributed by atoms with van der Waals surface area (Å²) in [6.45, 7) is 4.63. The zero-order valence-electron chi connectivity index (χ0n) is 12.3. The molecule has 2 unspecified atom stereocenters. The molecule has 2 atom stereocenters. The highest BCUT2D eigenvalue weighted by atomic mass is 32.2. The van der Waals surface area contributed by atoms with Gasteiger partial charge in [0.25, 0.3) is 0 Å². The highest BCUT2D eigenvalue weighted by molar-refractivity contribution is 7.99. The van der Waals surface area contributed by atoms with E-state index in [9.17, 15) is 4.79 Å². The molecule has 1 aliphatic rings. The summed E-state index contributed by atoms with van der Waals surface area (Å²) in [5.41, 5.74) is 2.04. The number of hydrogen-bond donors (Lipinski definition) is 2. The summed E-state index contributed by atoms with van der Waals surface area (Å²) < 4.78 is 0. The number of hydrogen-bond acceptors (Lipinski definition) is 3. The second-order valence-corrected chi connectivity index (χ2v) is 6.85. The minimum absolute atomic E-state index is 0.0442. The van der Waals surface area contributed by atoms with Crippen LogP contribution >= 0.6 is 11.8 Å². The zero-order chi connectivity index (χ0) is 14.4. The Morgan fingerprint density at radius 1 is 1.40 bits per heavy atom. The number of thioether (sulfide) groups is 1. The molecule has 1 saturated carbocycles. The molecule has 0 radical (unpaired) electrons. The van der Waals surface area contributed by atoms with E-state index < -0.39 is 0 Å². The standard InChI is InChI=1S/C16H24N2OS/c1-3-20-15-9-5-8-14(15)17-11-16(19)18-13-7-4-6-12(2)10-13/h4,6-7,10,14-15,17H,3,5,8-9,11H2,1-2H3,(H,18,19). The van der Waals surface area contributed by atoms with Crippen molar-refractivity contribution in [3.63, 3.8) is 0 Å². The van der Waals surface area contributed by atoms with Gasteiger partial charge in [-0.25, -0.2) is 0 Å². The number of amides is 1. The molecule has 1 aliphatic carbocycles. The highest BCUT2D eigenvalue weighted by Gasteiger charge is 2.26. The predicted molar refractivity (Wildman–Crippen MR) is 87.4 cm³/mol. The van der Waals surface area contributed by atoms with Crippen molar-refractivity contribution in [3.8, 4) is 0 Å². The van der Waals surface area contributed by atoms with Crippen LogP contribution in [0.15, 0.2) is 24.3 Å². The molecule has 0 aliphatic heterocycles. The average molecular weight is 292 g/mol. The molecule has 1 aromatic rings. The fourth-order valence-corrected chi connectivity index (χ4v) is 3.95. The lowest BCUT2D eigenvalue weighted by molar-refractivity contribution is -0.115. The minimum atomic E-state index is 0.0442. The lowest BCUT2D eigenvalue weighted by Gasteiger charge is -2.19. The molecule has 1 aromatic carbocycles. The Hall–Kier alpha value is -1.00. The van der Waals surface area contributed by atoms with Crippen molar-refractivity contribution in [2.75, 3.05) is 17.6 Å². The highest BCUT2D eigenvalue weighted by Crippen LogP contribution is 2.29. The Balaban J connectivity index is 1.77. The fourth-order valence-electron chi connectivity index (χ4n) is 2.72. The second-order valence-electron chi connectivity index (χ2n) is 5.33. The van der Waals surface area contributed by atoms with Gasteiger partial charge in [-0.2, -0.15) is 11.8 Å². The summed E-state index contributed by atoms with van der Waals surface area (Å²) in [5, 5.41) is 7.04. The first-order valence-electron chi connectivity index (χ1n) is 7.40. The molecular weight excluding hydrogens is 268 g/mol. The molecule has 3 nitrogen and oxygen atoms in total. The third kappa shape index (κ3) is 4.53. The van der Waals surface area contributed by atoms with Gasteiger partial charge in [-0.3, -0.25) is 4.79 Å². The van der Waals surface area contributed by atoms with Gasteiger partial charge in [0.05, 0.1) is 6.54 Å². The van der Waals surface area contributed by atoms with Gasteiger partial charge in [0.2, 0.25) is 5.91 Å². The quantitative estimate of drug-likeness (QED) is 0.846. The molecule has 0 saturated heterocycles. The molecule has 0 heterocycles. The maximum atomic E-state index is 12.0. The van der Waals surface area contributed by atoms with E-state index >= 15 is 0 Å². The van der Waals surface area contributed by atoms with E-state index in [0.717, 1.165) is 17.0 Å². The van der Waals surface area contributed by atoms with Crippen LogP contribution in [-0.2, 0) is 4.79 Å². The van der Waals surface area contributed by atoms with E-state index in [1.807, 2.05) is 43.0 Å². The summed E-state index contributed by atoms with van der Waals surface area (Å²) >= 11 is 2.01. The first-order valence-corrected chi connectivity index (χ1v) is 8.45. The monoisotopic (exact) mass is 292 g/mol.